The smallest absolute Gasteiger partial charge is 0.374 e. The Bertz CT molecular complexity index is 431. The number of carbonyl (C=O) groups excluding carboxylic acids is 2. The maximum atomic E-state index is 11.2. The summed E-state index contributed by atoms with van der Waals surface area (Å²) in [6, 6.07) is 6.04. The van der Waals surface area contributed by atoms with Crippen molar-refractivity contribution >= 4 is 11.8 Å². The highest BCUT2D eigenvalue weighted by molar-refractivity contribution is 6.33. The molecule has 0 fully saturated rings. The van der Waals surface area contributed by atoms with E-state index in [0.29, 0.717) is 13.0 Å². The van der Waals surface area contributed by atoms with Gasteiger partial charge in [-0.1, -0.05) is 6.07 Å². The van der Waals surface area contributed by atoms with Crippen molar-refractivity contribution in [3.8, 4) is 5.75 Å². The summed E-state index contributed by atoms with van der Waals surface area (Å²) in [6.07, 6.45) is 1.57. The number of hydrogen-bond donors (Lipinski definition) is 0. The van der Waals surface area contributed by atoms with Crippen LogP contribution in [0.25, 0.3) is 0 Å². The fourth-order valence-electron chi connectivity index (χ4n) is 1.81. The maximum Gasteiger partial charge on any atom is 0.374 e. The van der Waals surface area contributed by atoms with Gasteiger partial charge < -0.3 is 9.47 Å². The molecule has 0 spiro atoms. The van der Waals surface area contributed by atoms with Crippen LogP contribution in [0.1, 0.15) is 30.4 Å². The largest absolute Gasteiger partial charge is 0.494 e. The van der Waals surface area contributed by atoms with Crippen LogP contribution < -0.4 is 4.74 Å². The molecule has 1 aromatic rings. The van der Waals surface area contributed by atoms with E-state index in [1.165, 1.54) is 7.11 Å². The van der Waals surface area contributed by atoms with E-state index in [4.69, 9.17) is 4.74 Å². The van der Waals surface area contributed by atoms with Crippen LogP contribution in [0.2, 0.25) is 0 Å². The van der Waals surface area contributed by atoms with E-state index in [1.54, 1.807) is 0 Å². The summed E-state index contributed by atoms with van der Waals surface area (Å²) < 4.78 is 9.95. The zero-order valence-electron chi connectivity index (χ0n) is 11.7. The van der Waals surface area contributed by atoms with Crippen LogP contribution in [0.15, 0.2) is 18.2 Å². The summed E-state index contributed by atoms with van der Waals surface area (Å²) in [5, 5.41) is 0. The third kappa shape index (κ3) is 5.55. The molecule has 1 rings (SSSR count). The van der Waals surface area contributed by atoms with E-state index in [9.17, 15) is 9.59 Å². The van der Waals surface area contributed by atoms with Crippen molar-refractivity contribution in [3.05, 3.63) is 29.3 Å². The number of rotatable bonds is 7. The molecular formula is C15H20O4. The van der Waals surface area contributed by atoms with Crippen molar-refractivity contribution in [1.82, 2.24) is 0 Å². The standard InChI is InChI=1S/C15H20O4/c1-11-8-12(2)10-13(9-11)19-7-5-4-6-14(16)15(17)18-3/h8-10H,4-7H2,1-3H3. The highest BCUT2D eigenvalue weighted by Gasteiger charge is 2.12. The van der Waals surface area contributed by atoms with Gasteiger partial charge in [0.25, 0.3) is 0 Å². The topological polar surface area (TPSA) is 52.6 Å². The molecule has 0 N–H and O–H groups in total. The molecule has 1 aromatic carbocycles. The van der Waals surface area contributed by atoms with Crippen molar-refractivity contribution in [3.63, 3.8) is 0 Å². The van der Waals surface area contributed by atoms with Gasteiger partial charge in [-0.05, 0) is 49.9 Å². The lowest BCUT2D eigenvalue weighted by Gasteiger charge is -2.07. The van der Waals surface area contributed by atoms with Crippen LogP contribution in [-0.2, 0) is 14.3 Å². The van der Waals surface area contributed by atoms with Crippen LogP contribution in [0.4, 0.5) is 0 Å². The Hall–Kier alpha value is -1.84. The lowest BCUT2D eigenvalue weighted by atomic mass is 10.1. The minimum Gasteiger partial charge on any atom is -0.494 e. The summed E-state index contributed by atoms with van der Waals surface area (Å²) in [5.41, 5.74) is 2.33. The van der Waals surface area contributed by atoms with Gasteiger partial charge in [-0.25, -0.2) is 4.79 Å². The number of unbranched alkanes of at least 4 members (excludes halogenated alkanes) is 1. The van der Waals surface area contributed by atoms with Crippen molar-refractivity contribution in [1.29, 1.82) is 0 Å². The average Bonchev–Trinajstić information content (AvgIpc) is 2.36. The molecule has 0 saturated carbocycles. The fourth-order valence-corrected chi connectivity index (χ4v) is 1.81. The van der Waals surface area contributed by atoms with E-state index in [0.717, 1.165) is 23.3 Å². The SMILES string of the molecule is COC(=O)C(=O)CCCCOc1cc(C)cc(C)c1. The highest BCUT2D eigenvalue weighted by Crippen LogP contribution is 2.16. The van der Waals surface area contributed by atoms with Gasteiger partial charge in [0.15, 0.2) is 0 Å². The molecule has 0 aliphatic carbocycles. The predicted molar refractivity (Wildman–Crippen MR) is 72.3 cm³/mol. The lowest BCUT2D eigenvalue weighted by Crippen LogP contribution is -2.15. The molecule has 0 aromatic heterocycles. The fraction of sp³-hybridized carbons (Fsp3) is 0.467. The van der Waals surface area contributed by atoms with Crippen LogP contribution in [0.5, 0.6) is 5.75 Å². The number of carbonyl (C=O) groups is 2. The minimum absolute atomic E-state index is 0.211. The van der Waals surface area contributed by atoms with Crippen molar-refractivity contribution in [2.45, 2.75) is 33.1 Å². The number of methoxy groups -OCH3 is 1. The van der Waals surface area contributed by atoms with Crippen LogP contribution in [-0.4, -0.2) is 25.5 Å². The quantitative estimate of drug-likeness (QED) is 0.431. The molecule has 4 heteroatoms. The van der Waals surface area contributed by atoms with Gasteiger partial charge in [-0.2, -0.15) is 0 Å². The molecule has 0 amide bonds. The Labute approximate surface area is 113 Å². The maximum absolute atomic E-state index is 11.2. The zero-order chi connectivity index (χ0) is 14.3. The number of benzene rings is 1. The van der Waals surface area contributed by atoms with Crippen molar-refractivity contribution in [2.24, 2.45) is 0 Å². The first-order valence-electron chi connectivity index (χ1n) is 6.35. The average molecular weight is 264 g/mol. The first-order chi connectivity index (χ1) is 9.02. The van der Waals surface area contributed by atoms with Gasteiger partial charge in [0.05, 0.1) is 13.7 Å². The van der Waals surface area contributed by atoms with Gasteiger partial charge in [0.1, 0.15) is 5.75 Å². The van der Waals surface area contributed by atoms with Gasteiger partial charge in [-0.15, -0.1) is 0 Å². The molecule has 0 radical (unpaired) electrons. The lowest BCUT2D eigenvalue weighted by molar-refractivity contribution is -0.151. The first-order valence-corrected chi connectivity index (χ1v) is 6.35. The second-order valence-electron chi connectivity index (χ2n) is 4.54. The van der Waals surface area contributed by atoms with Crippen molar-refractivity contribution in [2.75, 3.05) is 13.7 Å². The number of Topliss-reactive ketones (excluding diaryl/α,β-unsaturated/α-hetero) is 1. The molecule has 19 heavy (non-hydrogen) atoms. The third-order valence-electron chi connectivity index (χ3n) is 2.68. The third-order valence-corrected chi connectivity index (χ3v) is 2.68. The predicted octanol–water partition coefficient (Wildman–Crippen LogP) is 2.59. The normalized spacial score (nSPS) is 10.1. The van der Waals surface area contributed by atoms with Gasteiger partial charge in [0, 0.05) is 6.42 Å². The molecule has 104 valence electrons. The van der Waals surface area contributed by atoms with E-state index >= 15 is 0 Å². The Balaban J connectivity index is 2.24. The van der Waals surface area contributed by atoms with Crippen LogP contribution in [0.3, 0.4) is 0 Å². The molecule has 0 aliphatic rings. The second kappa shape index (κ2) is 7.56. The molecule has 4 nitrogen and oxygen atoms in total. The van der Waals surface area contributed by atoms with E-state index in [2.05, 4.69) is 10.8 Å². The van der Waals surface area contributed by atoms with E-state index in [-0.39, 0.29) is 6.42 Å². The molecule has 0 atom stereocenters. The number of ether oxygens (including phenoxy) is 2. The Morgan fingerprint density at radius 2 is 1.68 bits per heavy atom. The monoisotopic (exact) mass is 264 g/mol. The van der Waals surface area contributed by atoms with E-state index < -0.39 is 11.8 Å². The summed E-state index contributed by atoms with van der Waals surface area (Å²) in [4.78, 5) is 22.1. The summed E-state index contributed by atoms with van der Waals surface area (Å²) >= 11 is 0. The molecule has 0 heterocycles. The number of hydrogen-bond acceptors (Lipinski definition) is 4. The molecule has 0 unspecified atom stereocenters. The number of aryl methyl sites for hydroxylation is 2. The molecule has 0 aliphatic heterocycles. The second-order valence-corrected chi connectivity index (χ2v) is 4.54. The highest BCUT2D eigenvalue weighted by atomic mass is 16.5. The van der Waals surface area contributed by atoms with Gasteiger partial charge in [-0.3, -0.25) is 4.79 Å². The van der Waals surface area contributed by atoms with Crippen LogP contribution in [0, 0.1) is 13.8 Å². The number of ketones is 1. The minimum atomic E-state index is -0.768. The Morgan fingerprint density at radius 1 is 1.05 bits per heavy atom. The summed E-state index contributed by atoms with van der Waals surface area (Å²) in [5.74, 6) is -0.402. The van der Waals surface area contributed by atoms with Gasteiger partial charge >= 0.3 is 5.97 Å². The van der Waals surface area contributed by atoms with Crippen LogP contribution >= 0.6 is 0 Å². The molecule has 0 saturated heterocycles. The molecule has 0 bridgehead atoms. The molecular weight excluding hydrogens is 244 g/mol. The Kier molecular flexibility index (Phi) is 6.06. The zero-order valence-corrected chi connectivity index (χ0v) is 11.7. The van der Waals surface area contributed by atoms with Gasteiger partial charge in [0.2, 0.25) is 5.78 Å². The Morgan fingerprint density at radius 3 is 2.26 bits per heavy atom. The van der Waals surface area contributed by atoms with Crippen molar-refractivity contribution < 1.29 is 19.1 Å². The number of esters is 1. The summed E-state index contributed by atoms with van der Waals surface area (Å²) in [7, 11) is 1.21. The first kappa shape index (κ1) is 15.2. The van der Waals surface area contributed by atoms with E-state index in [1.807, 2.05) is 26.0 Å². The summed E-state index contributed by atoms with van der Waals surface area (Å²) in [6.45, 7) is 4.58.